The minimum absolute atomic E-state index is 0.403. The van der Waals surface area contributed by atoms with Crippen molar-refractivity contribution in [2.45, 2.75) is 6.42 Å². The van der Waals surface area contributed by atoms with Gasteiger partial charge in [-0.05, 0) is 41.1 Å². The molecular weight excluding hydrogens is 256 g/mol. The number of nitrogens with zero attached hydrogens (tertiary/aromatic N) is 5. The van der Waals surface area contributed by atoms with E-state index in [1.54, 1.807) is 30.3 Å². The summed E-state index contributed by atoms with van der Waals surface area (Å²) in [7, 11) is 0. The van der Waals surface area contributed by atoms with Crippen molar-refractivity contribution in [3.8, 4) is 11.6 Å². The maximum atomic E-state index is 5.78. The topological polar surface area (TPSA) is 91.2 Å². The summed E-state index contributed by atoms with van der Waals surface area (Å²) < 4.78 is 7.07. The van der Waals surface area contributed by atoms with Gasteiger partial charge in [0.15, 0.2) is 5.65 Å². The Kier molecular flexibility index (Phi) is 3.00. The number of tetrazole rings is 1. The molecule has 0 amide bonds. The fraction of sp³-hybridized carbons (Fsp3) is 0.0769. The van der Waals surface area contributed by atoms with E-state index in [9.17, 15) is 0 Å². The second-order valence-corrected chi connectivity index (χ2v) is 4.16. The van der Waals surface area contributed by atoms with Gasteiger partial charge in [-0.25, -0.2) is 0 Å². The van der Waals surface area contributed by atoms with Gasteiger partial charge in [0.1, 0.15) is 5.75 Å². The van der Waals surface area contributed by atoms with Crippen LogP contribution in [-0.4, -0.2) is 25.3 Å². The minimum atomic E-state index is 0.403. The van der Waals surface area contributed by atoms with Gasteiger partial charge in [0.25, 0.3) is 0 Å². The third-order valence-electron chi connectivity index (χ3n) is 2.71. The zero-order valence-corrected chi connectivity index (χ0v) is 10.6. The third-order valence-corrected chi connectivity index (χ3v) is 2.71. The van der Waals surface area contributed by atoms with Gasteiger partial charge in [0.2, 0.25) is 5.88 Å². The van der Waals surface area contributed by atoms with E-state index in [-0.39, 0.29) is 0 Å². The summed E-state index contributed by atoms with van der Waals surface area (Å²) in [6.07, 6.45) is 2.45. The van der Waals surface area contributed by atoms with Crippen molar-refractivity contribution in [1.29, 1.82) is 0 Å². The number of nitrogens with two attached hydrogens (primary N) is 1. The highest BCUT2D eigenvalue weighted by atomic mass is 16.5. The lowest BCUT2D eigenvalue weighted by molar-refractivity contribution is 0.443. The number of anilines is 1. The highest BCUT2D eigenvalue weighted by Gasteiger charge is 2.07. The second-order valence-electron chi connectivity index (χ2n) is 4.16. The summed E-state index contributed by atoms with van der Waals surface area (Å²) in [6, 6.07) is 8.87. The quantitative estimate of drug-likeness (QED) is 0.571. The maximum Gasteiger partial charge on any atom is 0.239 e. The Labute approximate surface area is 114 Å². The molecule has 1 aromatic carbocycles. The zero-order chi connectivity index (χ0) is 13.9. The van der Waals surface area contributed by atoms with E-state index in [4.69, 9.17) is 10.5 Å². The van der Waals surface area contributed by atoms with Crippen LogP contribution in [0.2, 0.25) is 0 Å². The van der Waals surface area contributed by atoms with Crippen LogP contribution >= 0.6 is 0 Å². The van der Waals surface area contributed by atoms with Gasteiger partial charge in [-0.2, -0.15) is 0 Å². The molecule has 0 saturated carbocycles. The van der Waals surface area contributed by atoms with E-state index in [0.29, 0.717) is 29.4 Å². The first-order valence-electron chi connectivity index (χ1n) is 5.99. The summed E-state index contributed by atoms with van der Waals surface area (Å²) in [4.78, 5) is 0. The van der Waals surface area contributed by atoms with E-state index >= 15 is 0 Å². The first-order chi connectivity index (χ1) is 9.76. The molecule has 0 atom stereocenters. The van der Waals surface area contributed by atoms with Crippen molar-refractivity contribution < 1.29 is 4.74 Å². The number of nitrogen functional groups attached to an aromatic ring is 1. The van der Waals surface area contributed by atoms with Crippen molar-refractivity contribution in [3.63, 3.8) is 0 Å². The average molecular weight is 268 g/mol. The molecular formula is C13H12N6O. The van der Waals surface area contributed by atoms with Gasteiger partial charge < -0.3 is 10.5 Å². The Morgan fingerprint density at radius 2 is 2.20 bits per heavy atom. The third kappa shape index (κ3) is 2.28. The van der Waals surface area contributed by atoms with Gasteiger partial charge in [0.05, 0.1) is 0 Å². The predicted molar refractivity (Wildman–Crippen MR) is 73.4 cm³/mol. The first kappa shape index (κ1) is 12.1. The van der Waals surface area contributed by atoms with E-state index in [0.717, 1.165) is 5.56 Å². The first-order valence-corrected chi connectivity index (χ1v) is 5.99. The largest absolute Gasteiger partial charge is 0.437 e. The summed E-state index contributed by atoms with van der Waals surface area (Å²) >= 11 is 0. The molecule has 0 saturated heterocycles. The minimum Gasteiger partial charge on any atom is -0.437 e. The summed E-state index contributed by atoms with van der Waals surface area (Å²) in [5.41, 5.74) is 7.95. The molecule has 0 bridgehead atoms. The van der Waals surface area contributed by atoms with Gasteiger partial charge in [0, 0.05) is 17.3 Å². The lowest BCUT2D eigenvalue weighted by atomic mass is 10.1. The van der Waals surface area contributed by atoms with Crippen LogP contribution in [0.25, 0.3) is 5.65 Å². The average Bonchev–Trinajstić information content (AvgIpc) is 2.89. The second kappa shape index (κ2) is 4.96. The molecule has 2 heterocycles. The zero-order valence-electron chi connectivity index (χ0n) is 10.6. The normalized spacial score (nSPS) is 10.6. The number of ether oxygens (including phenoxy) is 1. The molecule has 0 aliphatic heterocycles. The lowest BCUT2D eigenvalue weighted by Crippen LogP contribution is -1.99. The fourth-order valence-corrected chi connectivity index (χ4v) is 1.81. The molecule has 3 aromatic rings. The molecule has 20 heavy (non-hydrogen) atoms. The number of fused-ring (bicyclic) bond motifs is 1. The molecule has 7 heteroatoms. The molecule has 0 unspecified atom stereocenters. The summed E-state index contributed by atoms with van der Waals surface area (Å²) in [5, 5.41) is 15.2. The monoisotopic (exact) mass is 268 g/mol. The van der Waals surface area contributed by atoms with Crippen molar-refractivity contribution in [2.75, 3.05) is 5.73 Å². The van der Waals surface area contributed by atoms with Crippen molar-refractivity contribution >= 4 is 11.3 Å². The predicted octanol–water partition coefficient (Wildman–Crippen LogP) is 1.62. The van der Waals surface area contributed by atoms with Gasteiger partial charge in [-0.15, -0.1) is 21.4 Å². The van der Waals surface area contributed by atoms with E-state index < -0.39 is 0 Å². The maximum absolute atomic E-state index is 5.78. The van der Waals surface area contributed by atoms with E-state index in [2.05, 4.69) is 27.2 Å². The van der Waals surface area contributed by atoms with Crippen LogP contribution in [0.5, 0.6) is 11.6 Å². The Bertz CT molecular complexity index is 766. The number of aromatic nitrogens is 5. The van der Waals surface area contributed by atoms with Crippen LogP contribution in [-0.2, 0) is 6.42 Å². The standard InChI is InChI=1S/C13H12N6O/c1-2-3-9-8-10(14)4-5-11(9)20-13-7-6-12-15-17-18-19(12)16-13/h2,4-8H,1,3,14H2. The fourth-order valence-electron chi connectivity index (χ4n) is 1.81. The van der Waals surface area contributed by atoms with Crippen molar-refractivity contribution in [1.82, 2.24) is 25.3 Å². The number of hydrogen-bond acceptors (Lipinski definition) is 6. The van der Waals surface area contributed by atoms with Gasteiger partial charge in [-0.1, -0.05) is 6.08 Å². The van der Waals surface area contributed by atoms with Crippen LogP contribution in [0.4, 0.5) is 5.69 Å². The molecule has 2 aromatic heterocycles. The molecule has 2 N–H and O–H groups in total. The highest BCUT2D eigenvalue weighted by Crippen LogP contribution is 2.26. The van der Waals surface area contributed by atoms with Crippen LogP contribution < -0.4 is 10.5 Å². The molecule has 0 aliphatic rings. The van der Waals surface area contributed by atoms with E-state index in [1.807, 2.05) is 6.07 Å². The van der Waals surface area contributed by atoms with Gasteiger partial charge >= 0.3 is 0 Å². The molecule has 7 nitrogen and oxygen atoms in total. The lowest BCUT2D eigenvalue weighted by Gasteiger charge is -2.09. The summed E-state index contributed by atoms with van der Waals surface area (Å²) in [6.45, 7) is 3.73. The molecule has 0 aliphatic carbocycles. The van der Waals surface area contributed by atoms with Gasteiger partial charge in [-0.3, -0.25) is 0 Å². The molecule has 0 fully saturated rings. The molecule has 100 valence electrons. The Balaban J connectivity index is 1.95. The van der Waals surface area contributed by atoms with Crippen LogP contribution in [0, 0.1) is 0 Å². The number of hydrogen-bond donors (Lipinski definition) is 1. The van der Waals surface area contributed by atoms with E-state index in [1.165, 1.54) is 4.63 Å². The van der Waals surface area contributed by atoms with Crippen molar-refractivity contribution in [2.24, 2.45) is 0 Å². The number of rotatable bonds is 4. The SMILES string of the molecule is C=CCc1cc(N)ccc1Oc1ccc2nnnn2n1. The number of benzene rings is 1. The Hall–Kier alpha value is -2.96. The van der Waals surface area contributed by atoms with Crippen LogP contribution in [0.3, 0.4) is 0 Å². The Morgan fingerprint density at radius 3 is 3.05 bits per heavy atom. The smallest absolute Gasteiger partial charge is 0.239 e. The molecule has 0 spiro atoms. The van der Waals surface area contributed by atoms with Crippen molar-refractivity contribution in [3.05, 3.63) is 48.6 Å². The number of allylic oxidation sites excluding steroid dienone is 1. The highest BCUT2D eigenvalue weighted by molar-refractivity contribution is 5.49. The molecule has 0 radical (unpaired) electrons. The molecule has 3 rings (SSSR count). The van der Waals surface area contributed by atoms with Crippen LogP contribution in [0.15, 0.2) is 43.0 Å². The summed E-state index contributed by atoms with van der Waals surface area (Å²) in [5.74, 6) is 1.08. The van der Waals surface area contributed by atoms with Crippen LogP contribution in [0.1, 0.15) is 5.56 Å². The Morgan fingerprint density at radius 1 is 1.30 bits per heavy atom.